The van der Waals surface area contributed by atoms with Crippen molar-refractivity contribution < 1.29 is 4.79 Å². The summed E-state index contributed by atoms with van der Waals surface area (Å²) in [6, 6.07) is 2.44. The summed E-state index contributed by atoms with van der Waals surface area (Å²) < 4.78 is 0. The van der Waals surface area contributed by atoms with Gasteiger partial charge in [0, 0.05) is 38.3 Å². The van der Waals surface area contributed by atoms with Crippen LogP contribution in [0.4, 0.5) is 5.82 Å². The van der Waals surface area contributed by atoms with E-state index in [1.165, 1.54) is 0 Å². The second-order valence-electron chi connectivity index (χ2n) is 7.48. The van der Waals surface area contributed by atoms with E-state index in [9.17, 15) is 4.79 Å². The third kappa shape index (κ3) is 2.64. The molecule has 2 fully saturated rings. The number of likely N-dealkylation sites (tertiary alicyclic amines) is 1. The SMILES string of the molecule is CC(C)CN1C(=O)CC[C@H]2CN(c3ncnc4[nH]ccc34)CC[C@H]21. The number of piperidine rings is 2. The number of amides is 1. The molecule has 0 aromatic carbocycles. The van der Waals surface area contributed by atoms with E-state index in [1.807, 2.05) is 12.3 Å². The Kier molecular flexibility index (Phi) is 3.90. The molecule has 6 nitrogen and oxygen atoms in total. The molecule has 0 aliphatic carbocycles. The van der Waals surface area contributed by atoms with Gasteiger partial charge < -0.3 is 14.8 Å². The van der Waals surface area contributed by atoms with Gasteiger partial charge in [0.25, 0.3) is 0 Å². The van der Waals surface area contributed by atoms with Gasteiger partial charge in [0.15, 0.2) is 0 Å². The molecule has 0 unspecified atom stereocenters. The predicted molar refractivity (Wildman–Crippen MR) is 93.8 cm³/mol. The number of hydrogen-bond donors (Lipinski definition) is 1. The van der Waals surface area contributed by atoms with Crippen molar-refractivity contribution in [2.24, 2.45) is 11.8 Å². The fourth-order valence-electron chi connectivity index (χ4n) is 4.28. The maximum Gasteiger partial charge on any atom is 0.222 e. The summed E-state index contributed by atoms with van der Waals surface area (Å²) in [5.41, 5.74) is 0.891. The van der Waals surface area contributed by atoms with E-state index in [0.29, 0.717) is 30.2 Å². The summed E-state index contributed by atoms with van der Waals surface area (Å²) >= 11 is 0. The predicted octanol–water partition coefficient (Wildman–Crippen LogP) is 2.43. The summed E-state index contributed by atoms with van der Waals surface area (Å²) in [6.07, 6.45) is 6.26. The van der Waals surface area contributed by atoms with Gasteiger partial charge in [-0.05, 0) is 30.7 Å². The lowest BCUT2D eigenvalue weighted by Crippen LogP contribution is -2.57. The van der Waals surface area contributed by atoms with E-state index in [2.05, 4.69) is 38.6 Å². The Balaban J connectivity index is 1.56. The molecule has 4 rings (SSSR count). The Labute approximate surface area is 142 Å². The van der Waals surface area contributed by atoms with Crippen molar-refractivity contribution in [3.63, 3.8) is 0 Å². The van der Waals surface area contributed by atoms with Gasteiger partial charge in [-0.15, -0.1) is 0 Å². The van der Waals surface area contributed by atoms with Crippen molar-refractivity contribution in [2.45, 2.75) is 39.2 Å². The van der Waals surface area contributed by atoms with E-state index < -0.39 is 0 Å². The van der Waals surface area contributed by atoms with Gasteiger partial charge in [0.1, 0.15) is 17.8 Å². The largest absolute Gasteiger partial charge is 0.356 e. The molecule has 0 bridgehead atoms. The third-order valence-electron chi connectivity index (χ3n) is 5.34. The molecule has 2 aliphatic heterocycles. The Morgan fingerprint density at radius 3 is 3.04 bits per heavy atom. The monoisotopic (exact) mass is 327 g/mol. The lowest BCUT2D eigenvalue weighted by molar-refractivity contribution is -0.140. The van der Waals surface area contributed by atoms with Gasteiger partial charge in [0.05, 0.1) is 5.39 Å². The molecule has 0 radical (unpaired) electrons. The highest BCUT2D eigenvalue weighted by molar-refractivity contribution is 5.87. The number of aromatic amines is 1. The maximum atomic E-state index is 12.4. The van der Waals surface area contributed by atoms with Crippen LogP contribution < -0.4 is 4.90 Å². The van der Waals surface area contributed by atoms with Gasteiger partial charge in [-0.3, -0.25) is 4.79 Å². The molecule has 0 spiro atoms. The van der Waals surface area contributed by atoms with Gasteiger partial charge >= 0.3 is 0 Å². The minimum absolute atomic E-state index is 0.341. The highest BCUT2D eigenvalue weighted by atomic mass is 16.2. The summed E-state index contributed by atoms with van der Waals surface area (Å²) in [7, 11) is 0. The fraction of sp³-hybridized carbons (Fsp3) is 0.611. The van der Waals surface area contributed by atoms with E-state index in [1.54, 1.807) is 6.33 Å². The second kappa shape index (κ2) is 6.07. The molecule has 128 valence electrons. The Morgan fingerprint density at radius 1 is 1.33 bits per heavy atom. The summed E-state index contributed by atoms with van der Waals surface area (Å²) in [5.74, 6) is 2.42. The summed E-state index contributed by atoms with van der Waals surface area (Å²) in [5, 5.41) is 1.09. The lowest BCUT2D eigenvalue weighted by Gasteiger charge is -2.48. The first-order chi connectivity index (χ1) is 11.6. The first-order valence-corrected chi connectivity index (χ1v) is 8.96. The number of rotatable bonds is 3. The molecule has 2 aromatic heterocycles. The number of aromatic nitrogens is 3. The van der Waals surface area contributed by atoms with E-state index in [4.69, 9.17) is 0 Å². The average Bonchev–Trinajstić information content (AvgIpc) is 3.05. The van der Waals surface area contributed by atoms with Crippen LogP contribution in [-0.2, 0) is 4.79 Å². The second-order valence-corrected chi connectivity index (χ2v) is 7.48. The van der Waals surface area contributed by atoms with Crippen molar-refractivity contribution in [2.75, 3.05) is 24.5 Å². The van der Waals surface area contributed by atoms with Crippen molar-refractivity contribution in [1.29, 1.82) is 0 Å². The lowest BCUT2D eigenvalue weighted by atomic mass is 9.83. The van der Waals surface area contributed by atoms with Crippen LogP contribution in [-0.4, -0.2) is 51.4 Å². The van der Waals surface area contributed by atoms with Crippen LogP contribution >= 0.6 is 0 Å². The zero-order valence-electron chi connectivity index (χ0n) is 14.4. The Bertz CT molecular complexity index is 740. The number of nitrogens with one attached hydrogen (secondary N) is 1. The number of nitrogens with zero attached hydrogens (tertiary/aromatic N) is 4. The number of carbonyl (C=O) groups is 1. The molecule has 2 aliphatic rings. The highest BCUT2D eigenvalue weighted by Crippen LogP contribution is 2.34. The van der Waals surface area contributed by atoms with Gasteiger partial charge in [-0.25, -0.2) is 9.97 Å². The van der Waals surface area contributed by atoms with Gasteiger partial charge in [-0.2, -0.15) is 0 Å². The molecule has 2 aromatic rings. The van der Waals surface area contributed by atoms with Crippen LogP contribution in [0.15, 0.2) is 18.6 Å². The Morgan fingerprint density at radius 2 is 2.21 bits per heavy atom. The fourth-order valence-corrected chi connectivity index (χ4v) is 4.28. The highest BCUT2D eigenvalue weighted by Gasteiger charge is 2.39. The van der Waals surface area contributed by atoms with Crippen molar-refractivity contribution in [1.82, 2.24) is 19.9 Å². The van der Waals surface area contributed by atoms with E-state index >= 15 is 0 Å². The van der Waals surface area contributed by atoms with Crippen molar-refractivity contribution in [3.8, 4) is 0 Å². The first-order valence-electron chi connectivity index (χ1n) is 8.96. The van der Waals surface area contributed by atoms with Crippen molar-refractivity contribution >= 4 is 22.8 Å². The molecule has 1 amide bonds. The number of carbonyl (C=O) groups excluding carboxylic acids is 1. The van der Waals surface area contributed by atoms with Crippen LogP contribution in [0.2, 0.25) is 0 Å². The Hall–Kier alpha value is -2.11. The van der Waals surface area contributed by atoms with Crippen LogP contribution in [0.5, 0.6) is 0 Å². The molecule has 2 saturated heterocycles. The quantitative estimate of drug-likeness (QED) is 0.940. The molecule has 4 heterocycles. The molecule has 2 atom stereocenters. The van der Waals surface area contributed by atoms with Crippen LogP contribution in [0.3, 0.4) is 0 Å². The van der Waals surface area contributed by atoms with Gasteiger partial charge in [-0.1, -0.05) is 13.8 Å². The normalized spacial score (nSPS) is 24.7. The smallest absolute Gasteiger partial charge is 0.222 e. The number of hydrogen-bond acceptors (Lipinski definition) is 4. The number of anilines is 1. The number of fused-ring (bicyclic) bond motifs is 2. The first kappa shape index (κ1) is 15.4. The molecule has 6 heteroatoms. The average molecular weight is 327 g/mol. The zero-order chi connectivity index (χ0) is 16.7. The minimum Gasteiger partial charge on any atom is -0.356 e. The van der Waals surface area contributed by atoms with Crippen molar-refractivity contribution in [3.05, 3.63) is 18.6 Å². The standard InChI is InChI=1S/C18H25N5O/c1-12(2)9-23-15-6-8-22(10-13(15)3-4-16(23)24)18-14-5-7-19-17(14)20-11-21-18/h5,7,11-13,15H,3-4,6,8-10H2,1-2H3,(H,19,20,21)/t13-,15+/m0/s1. The number of H-pyrrole nitrogens is 1. The van der Waals surface area contributed by atoms with E-state index in [-0.39, 0.29) is 0 Å². The minimum atomic E-state index is 0.341. The molecule has 0 saturated carbocycles. The maximum absolute atomic E-state index is 12.4. The third-order valence-corrected chi connectivity index (χ3v) is 5.34. The van der Waals surface area contributed by atoms with Crippen LogP contribution in [0, 0.1) is 11.8 Å². The summed E-state index contributed by atoms with van der Waals surface area (Å²) in [4.78, 5) is 28.9. The molecular formula is C18H25N5O. The van der Waals surface area contributed by atoms with Gasteiger partial charge in [0.2, 0.25) is 5.91 Å². The van der Waals surface area contributed by atoms with Crippen LogP contribution in [0.1, 0.15) is 33.1 Å². The molecule has 1 N–H and O–H groups in total. The topological polar surface area (TPSA) is 65.1 Å². The van der Waals surface area contributed by atoms with E-state index in [0.717, 1.165) is 49.3 Å². The van der Waals surface area contributed by atoms with Crippen LogP contribution in [0.25, 0.3) is 11.0 Å². The molecule has 24 heavy (non-hydrogen) atoms. The molecular weight excluding hydrogens is 302 g/mol. The summed E-state index contributed by atoms with van der Waals surface area (Å²) in [6.45, 7) is 7.19. The zero-order valence-corrected chi connectivity index (χ0v) is 14.4.